The molecular formula is C23H21ClN4O4. The summed E-state index contributed by atoms with van der Waals surface area (Å²) in [5.74, 6) is 0.424. The average molecular weight is 453 g/mol. The number of benzene rings is 2. The highest BCUT2D eigenvalue weighted by Gasteiger charge is 2.16. The molecule has 164 valence electrons. The Morgan fingerprint density at radius 2 is 2.00 bits per heavy atom. The zero-order valence-electron chi connectivity index (χ0n) is 17.5. The van der Waals surface area contributed by atoms with Crippen LogP contribution in [0.15, 0.2) is 65.6 Å². The minimum atomic E-state index is -0.352. The predicted octanol–water partition coefficient (Wildman–Crippen LogP) is 3.86. The molecule has 2 aromatic carbocycles. The van der Waals surface area contributed by atoms with E-state index < -0.39 is 0 Å². The van der Waals surface area contributed by atoms with Gasteiger partial charge >= 0.3 is 5.69 Å². The number of methoxy groups -OCH3 is 1. The molecule has 0 atom stereocenters. The van der Waals surface area contributed by atoms with Crippen LogP contribution in [0.3, 0.4) is 0 Å². The monoisotopic (exact) mass is 452 g/mol. The number of nitrogens with zero attached hydrogens (tertiary/aromatic N) is 3. The molecular weight excluding hydrogens is 432 g/mol. The normalized spacial score (nSPS) is 10.8. The Balaban J connectivity index is 1.55. The van der Waals surface area contributed by atoms with Crippen molar-refractivity contribution in [2.45, 2.75) is 13.5 Å². The fraction of sp³-hybridized carbons (Fsp3) is 0.174. The van der Waals surface area contributed by atoms with Gasteiger partial charge in [0.15, 0.2) is 17.1 Å². The first-order valence-corrected chi connectivity index (χ1v) is 10.3. The summed E-state index contributed by atoms with van der Waals surface area (Å²) in [6, 6.07) is 15.7. The van der Waals surface area contributed by atoms with Crippen molar-refractivity contribution < 1.29 is 14.3 Å². The molecule has 0 spiro atoms. The molecule has 8 nitrogen and oxygen atoms in total. The van der Waals surface area contributed by atoms with E-state index in [2.05, 4.69) is 10.4 Å². The average Bonchev–Trinajstić information content (AvgIpc) is 3.10. The molecule has 0 aliphatic heterocycles. The highest BCUT2D eigenvalue weighted by molar-refractivity contribution is 6.32. The summed E-state index contributed by atoms with van der Waals surface area (Å²) in [6.45, 7) is 2.53. The summed E-state index contributed by atoms with van der Waals surface area (Å²) in [7, 11) is 1.49. The van der Waals surface area contributed by atoms with E-state index in [0.29, 0.717) is 35.0 Å². The number of hydrogen-bond donors (Lipinski definition) is 1. The molecule has 0 radical (unpaired) electrons. The second-order valence-electron chi connectivity index (χ2n) is 6.95. The molecule has 2 aromatic heterocycles. The largest absolute Gasteiger partial charge is 0.493 e. The van der Waals surface area contributed by atoms with Crippen LogP contribution < -0.4 is 20.5 Å². The number of fused-ring (bicyclic) bond motifs is 1. The first-order valence-electron chi connectivity index (χ1n) is 9.95. The van der Waals surface area contributed by atoms with Gasteiger partial charge in [-0.15, -0.1) is 5.10 Å². The van der Waals surface area contributed by atoms with Crippen LogP contribution >= 0.6 is 11.6 Å². The number of hydrogen-bond acceptors (Lipinski definition) is 5. The summed E-state index contributed by atoms with van der Waals surface area (Å²) in [5.41, 5.74) is 2.07. The molecule has 1 N–H and O–H groups in total. The smallest absolute Gasteiger partial charge is 0.350 e. The lowest BCUT2D eigenvalue weighted by Gasteiger charge is -2.13. The summed E-state index contributed by atoms with van der Waals surface area (Å²) in [6.07, 6.45) is 1.67. The third kappa shape index (κ3) is 4.31. The number of aromatic nitrogens is 3. The number of anilines is 1. The lowest BCUT2D eigenvalue weighted by Crippen LogP contribution is -2.21. The van der Waals surface area contributed by atoms with Crippen LogP contribution in [-0.4, -0.2) is 33.8 Å². The van der Waals surface area contributed by atoms with Crippen LogP contribution in [-0.2, 0) is 6.54 Å². The zero-order chi connectivity index (χ0) is 22.7. The topological polar surface area (TPSA) is 86.9 Å². The van der Waals surface area contributed by atoms with Crippen LogP contribution in [0, 0.1) is 0 Å². The maximum Gasteiger partial charge on any atom is 0.350 e. The summed E-state index contributed by atoms with van der Waals surface area (Å²) >= 11 is 6.28. The van der Waals surface area contributed by atoms with E-state index in [1.165, 1.54) is 22.3 Å². The Bertz CT molecular complexity index is 1350. The third-order valence-corrected chi connectivity index (χ3v) is 5.07. The van der Waals surface area contributed by atoms with Crippen molar-refractivity contribution >= 4 is 28.8 Å². The zero-order valence-corrected chi connectivity index (χ0v) is 18.3. The Kier molecular flexibility index (Phi) is 6.13. The van der Waals surface area contributed by atoms with Gasteiger partial charge in [-0.1, -0.05) is 29.8 Å². The summed E-state index contributed by atoms with van der Waals surface area (Å²) in [4.78, 5) is 25.3. The number of carbonyl (C=O) groups is 1. The highest BCUT2D eigenvalue weighted by atomic mass is 35.5. The number of halogens is 1. The molecule has 9 heteroatoms. The van der Waals surface area contributed by atoms with Crippen molar-refractivity contribution in [3.63, 3.8) is 0 Å². The van der Waals surface area contributed by atoms with Gasteiger partial charge in [0.25, 0.3) is 5.91 Å². The first kappa shape index (κ1) is 21.5. The molecule has 0 fully saturated rings. The number of rotatable bonds is 7. The van der Waals surface area contributed by atoms with E-state index in [1.54, 1.807) is 42.6 Å². The lowest BCUT2D eigenvalue weighted by atomic mass is 10.1. The molecule has 4 rings (SSSR count). The van der Waals surface area contributed by atoms with Gasteiger partial charge in [0.2, 0.25) is 0 Å². The van der Waals surface area contributed by atoms with Crippen LogP contribution in [0.4, 0.5) is 5.69 Å². The van der Waals surface area contributed by atoms with Crippen molar-refractivity contribution in [3.8, 4) is 11.5 Å². The molecule has 0 unspecified atom stereocenters. The van der Waals surface area contributed by atoms with Crippen LogP contribution in [0.2, 0.25) is 5.02 Å². The second kappa shape index (κ2) is 9.15. The standard InChI is InChI=1S/C23H21ClN4O4/c1-3-32-21-18(24)12-16(13-19(21)31-2)22(29)25-17-8-6-7-15(11-17)14-28-23(30)27-10-5-4-9-20(27)26-28/h4-13H,3,14H2,1-2H3,(H,25,29). The number of ether oxygens (including phenoxy) is 2. The second-order valence-corrected chi connectivity index (χ2v) is 7.35. The van der Waals surface area contributed by atoms with Gasteiger partial charge in [-0.2, -0.15) is 0 Å². The van der Waals surface area contributed by atoms with Crippen LogP contribution in [0.25, 0.3) is 5.65 Å². The van der Waals surface area contributed by atoms with Crippen molar-refractivity contribution in [3.05, 3.63) is 87.4 Å². The fourth-order valence-corrected chi connectivity index (χ4v) is 3.60. The van der Waals surface area contributed by atoms with Gasteiger partial charge in [0.05, 0.1) is 25.3 Å². The number of amides is 1. The summed E-state index contributed by atoms with van der Waals surface area (Å²) < 4.78 is 13.7. The number of carbonyl (C=O) groups excluding carboxylic acids is 1. The molecule has 0 bridgehead atoms. The van der Waals surface area contributed by atoms with Crippen LogP contribution in [0.5, 0.6) is 11.5 Å². The van der Waals surface area contributed by atoms with Gasteiger partial charge in [-0.25, -0.2) is 9.48 Å². The van der Waals surface area contributed by atoms with E-state index in [0.717, 1.165) is 5.56 Å². The van der Waals surface area contributed by atoms with E-state index in [1.807, 2.05) is 19.1 Å². The number of pyridine rings is 1. The predicted molar refractivity (Wildman–Crippen MR) is 122 cm³/mol. The van der Waals surface area contributed by atoms with Gasteiger partial charge in [-0.05, 0) is 48.9 Å². The number of nitrogens with one attached hydrogen (secondary N) is 1. The van der Waals surface area contributed by atoms with E-state index in [9.17, 15) is 9.59 Å². The molecule has 1 amide bonds. The maximum absolute atomic E-state index is 12.8. The van der Waals surface area contributed by atoms with E-state index in [-0.39, 0.29) is 23.2 Å². The highest BCUT2D eigenvalue weighted by Crippen LogP contribution is 2.36. The van der Waals surface area contributed by atoms with Gasteiger partial charge in [-0.3, -0.25) is 9.20 Å². The van der Waals surface area contributed by atoms with Crippen molar-refractivity contribution in [2.75, 3.05) is 19.0 Å². The van der Waals surface area contributed by atoms with Crippen molar-refractivity contribution in [2.24, 2.45) is 0 Å². The lowest BCUT2D eigenvalue weighted by molar-refractivity contribution is 0.102. The molecule has 32 heavy (non-hydrogen) atoms. The van der Waals surface area contributed by atoms with E-state index >= 15 is 0 Å². The fourth-order valence-electron chi connectivity index (χ4n) is 3.33. The molecule has 4 aromatic rings. The molecule has 0 saturated carbocycles. The van der Waals surface area contributed by atoms with Crippen molar-refractivity contribution in [1.29, 1.82) is 0 Å². The molecule has 0 saturated heterocycles. The van der Waals surface area contributed by atoms with Crippen LogP contribution in [0.1, 0.15) is 22.8 Å². The SMILES string of the molecule is CCOc1c(Cl)cc(C(=O)Nc2cccc(Cn3nc4ccccn4c3=O)c2)cc1OC. The Morgan fingerprint density at radius 1 is 1.16 bits per heavy atom. The minimum Gasteiger partial charge on any atom is -0.493 e. The van der Waals surface area contributed by atoms with Gasteiger partial charge in [0.1, 0.15) is 0 Å². The Labute approximate surface area is 189 Å². The molecule has 0 aliphatic carbocycles. The molecule has 2 heterocycles. The quantitative estimate of drug-likeness (QED) is 0.460. The van der Waals surface area contributed by atoms with Crippen molar-refractivity contribution in [1.82, 2.24) is 14.2 Å². The third-order valence-electron chi connectivity index (χ3n) is 4.79. The van der Waals surface area contributed by atoms with E-state index in [4.69, 9.17) is 21.1 Å². The Hall–Kier alpha value is -3.78. The van der Waals surface area contributed by atoms with Gasteiger partial charge in [0, 0.05) is 17.4 Å². The summed E-state index contributed by atoms with van der Waals surface area (Å²) in [5, 5.41) is 7.47. The maximum atomic E-state index is 12.8. The Morgan fingerprint density at radius 3 is 2.75 bits per heavy atom. The minimum absolute atomic E-state index is 0.230. The molecule has 0 aliphatic rings. The first-order chi connectivity index (χ1) is 15.5. The van der Waals surface area contributed by atoms with Gasteiger partial charge < -0.3 is 14.8 Å².